The lowest BCUT2D eigenvalue weighted by Gasteiger charge is -2.22. The number of imidazole rings is 1. The van der Waals surface area contributed by atoms with Crippen LogP contribution in [-0.4, -0.2) is 65.5 Å². The van der Waals surface area contributed by atoms with Crippen molar-refractivity contribution in [1.82, 2.24) is 19.6 Å². The van der Waals surface area contributed by atoms with Crippen LogP contribution >= 0.6 is 0 Å². The number of hydrogen-bond donors (Lipinski definition) is 5. The van der Waals surface area contributed by atoms with E-state index in [1.165, 1.54) is 18.5 Å². The Balaban J connectivity index is 1.39. The van der Waals surface area contributed by atoms with Crippen molar-refractivity contribution in [3.63, 3.8) is 0 Å². The Labute approximate surface area is 279 Å². The molecule has 0 saturated carbocycles. The quantitative estimate of drug-likeness (QED) is 0.133. The maximum Gasteiger partial charge on any atom is 0.252 e. The summed E-state index contributed by atoms with van der Waals surface area (Å²) in [5.41, 5.74) is 4.55. The molecule has 12 heteroatoms. The first kappa shape index (κ1) is 33.3. The van der Waals surface area contributed by atoms with Gasteiger partial charge in [0.2, 0.25) is 10.0 Å². The van der Waals surface area contributed by atoms with Crippen LogP contribution in [0.5, 0.6) is 0 Å². The number of nitrogens with one attached hydrogen (secondary N) is 3. The Morgan fingerprint density at radius 3 is 2.10 bits per heavy atom. The van der Waals surface area contributed by atoms with Crippen LogP contribution in [0.15, 0.2) is 114 Å². The molecule has 1 aromatic heterocycles. The average molecular weight is 670 g/mol. The van der Waals surface area contributed by atoms with Crippen LogP contribution in [0.25, 0.3) is 11.0 Å². The number of anilines is 1. The van der Waals surface area contributed by atoms with Crippen molar-refractivity contribution in [1.29, 1.82) is 0 Å². The predicted octanol–water partition coefficient (Wildman–Crippen LogP) is 4.08. The van der Waals surface area contributed by atoms with Crippen molar-refractivity contribution in [2.24, 2.45) is 0 Å². The molecule has 1 aliphatic rings. The standard InChI is InChI=1S/C36H39N5O6S/c1-3-37-35(44)34-32(42)33(43)36(47-34)41-22-39-31-29(38-21-28(24-13-7-4-8-14-24)25-15-9-5-10-16-25)19-26(20-30(31)41)23(2)40-48(45,46)27-17-11-6-12-18-27/h4-20,22-23,28,32-34,36,38,40,42-43H,3,21H2,1-2H3,(H,37,44)/t23?,32-,33+,34-,36+/m0/s1. The van der Waals surface area contributed by atoms with Crippen molar-refractivity contribution >= 4 is 32.7 Å². The molecule has 5 aromatic rings. The van der Waals surface area contributed by atoms with E-state index in [0.717, 1.165) is 11.1 Å². The monoisotopic (exact) mass is 669 g/mol. The Bertz CT molecular complexity index is 1920. The van der Waals surface area contributed by atoms with Gasteiger partial charge in [-0.05, 0) is 54.8 Å². The molecule has 1 saturated heterocycles. The molecule has 1 aliphatic heterocycles. The SMILES string of the molecule is CCNC(=O)[C@H]1O[C@@H](n2cnc3c(NCC(c4ccccc4)c4ccccc4)cc(C(C)NS(=O)(=O)c4ccccc4)cc32)[C@H](O)[C@@H]1O. The molecule has 0 bridgehead atoms. The number of nitrogens with zero attached hydrogens (tertiary/aromatic N) is 2. The highest BCUT2D eigenvalue weighted by Gasteiger charge is 2.47. The fourth-order valence-corrected chi connectivity index (χ4v) is 7.36. The molecular weight excluding hydrogens is 630 g/mol. The van der Waals surface area contributed by atoms with Gasteiger partial charge in [-0.15, -0.1) is 0 Å². The van der Waals surface area contributed by atoms with E-state index < -0.39 is 46.5 Å². The Kier molecular flexibility index (Phi) is 9.90. The number of carbonyl (C=O) groups excluding carboxylic acids is 1. The number of sulfonamides is 1. The number of aliphatic hydroxyl groups excluding tert-OH is 2. The molecule has 5 atom stereocenters. The van der Waals surface area contributed by atoms with E-state index in [1.54, 1.807) is 42.7 Å². The van der Waals surface area contributed by atoms with Crippen LogP contribution in [0.3, 0.4) is 0 Å². The lowest BCUT2D eigenvalue weighted by atomic mass is 9.91. The Morgan fingerprint density at radius 1 is 0.896 bits per heavy atom. The lowest BCUT2D eigenvalue weighted by Crippen LogP contribution is -2.42. The molecule has 2 heterocycles. The summed E-state index contributed by atoms with van der Waals surface area (Å²) in [5.74, 6) is -0.550. The highest BCUT2D eigenvalue weighted by molar-refractivity contribution is 7.89. The van der Waals surface area contributed by atoms with Gasteiger partial charge in [0, 0.05) is 25.0 Å². The third-order valence-corrected chi connectivity index (χ3v) is 10.2. The van der Waals surface area contributed by atoms with Crippen molar-refractivity contribution in [3.8, 4) is 0 Å². The van der Waals surface area contributed by atoms with E-state index in [1.807, 2.05) is 42.5 Å². The number of amides is 1. The van der Waals surface area contributed by atoms with Crippen LogP contribution in [0.1, 0.15) is 48.7 Å². The van der Waals surface area contributed by atoms with E-state index in [0.29, 0.717) is 35.4 Å². The first-order chi connectivity index (χ1) is 23.2. The summed E-state index contributed by atoms with van der Waals surface area (Å²) < 4.78 is 36.8. The van der Waals surface area contributed by atoms with Crippen LogP contribution in [0.2, 0.25) is 0 Å². The number of rotatable bonds is 12. The molecule has 0 radical (unpaired) electrons. The molecule has 11 nitrogen and oxygen atoms in total. The zero-order valence-electron chi connectivity index (χ0n) is 26.6. The van der Waals surface area contributed by atoms with Crippen molar-refractivity contribution in [2.75, 3.05) is 18.4 Å². The molecule has 1 unspecified atom stereocenters. The summed E-state index contributed by atoms with van der Waals surface area (Å²) in [7, 11) is -3.86. The maximum absolute atomic E-state index is 13.3. The summed E-state index contributed by atoms with van der Waals surface area (Å²) in [5, 5.41) is 28.0. The topological polar surface area (TPSA) is 155 Å². The largest absolute Gasteiger partial charge is 0.387 e. The van der Waals surface area contributed by atoms with E-state index in [2.05, 4.69) is 44.6 Å². The minimum atomic E-state index is -3.86. The van der Waals surface area contributed by atoms with Crippen molar-refractivity contribution in [3.05, 3.63) is 126 Å². The van der Waals surface area contributed by atoms with Gasteiger partial charge in [0.1, 0.15) is 17.7 Å². The molecule has 4 aromatic carbocycles. The fourth-order valence-electron chi connectivity index (χ4n) is 6.10. The molecule has 0 aliphatic carbocycles. The molecule has 0 spiro atoms. The van der Waals surface area contributed by atoms with E-state index in [4.69, 9.17) is 4.74 Å². The van der Waals surface area contributed by atoms with Crippen LogP contribution in [0.4, 0.5) is 5.69 Å². The number of likely N-dealkylation sites (N-methyl/N-ethyl adjacent to an activating group) is 1. The van der Waals surface area contributed by atoms with E-state index in [-0.39, 0.29) is 10.8 Å². The van der Waals surface area contributed by atoms with Crippen LogP contribution < -0.4 is 15.4 Å². The highest BCUT2D eigenvalue weighted by Crippen LogP contribution is 2.36. The third kappa shape index (κ3) is 6.84. The first-order valence-corrected chi connectivity index (χ1v) is 17.4. The number of carbonyl (C=O) groups is 1. The summed E-state index contributed by atoms with van der Waals surface area (Å²) in [6, 6.07) is 31.4. The molecule has 6 rings (SSSR count). The summed E-state index contributed by atoms with van der Waals surface area (Å²) >= 11 is 0. The minimum absolute atomic E-state index is 0.0184. The molecule has 1 amide bonds. The van der Waals surface area contributed by atoms with E-state index in [9.17, 15) is 23.4 Å². The normalized spacial score (nSPS) is 20.2. The van der Waals surface area contributed by atoms with Gasteiger partial charge in [-0.1, -0.05) is 78.9 Å². The number of aromatic nitrogens is 2. The number of ether oxygens (including phenoxy) is 1. The molecule has 250 valence electrons. The molecule has 1 fully saturated rings. The van der Waals surface area contributed by atoms with Gasteiger partial charge in [0.05, 0.1) is 22.4 Å². The maximum atomic E-state index is 13.3. The average Bonchev–Trinajstić information content (AvgIpc) is 3.66. The second-order valence-corrected chi connectivity index (χ2v) is 13.5. The van der Waals surface area contributed by atoms with E-state index >= 15 is 0 Å². The van der Waals surface area contributed by atoms with Crippen LogP contribution in [0, 0.1) is 0 Å². The second-order valence-electron chi connectivity index (χ2n) is 11.8. The Hall–Kier alpha value is -4.59. The third-order valence-electron chi connectivity index (χ3n) is 8.61. The summed E-state index contributed by atoms with van der Waals surface area (Å²) in [4.78, 5) is 17.4. The number of fused-ring (bicyclic) bond motifs is 1. The fraction of sp³-hybridized carbons (Fsp3) is 0.278. The van der Waals surface area contributed by atoms with Gasteiger partial charge < -0.3 is 30.2 Å². The van der Waals surface area contributed by atoms with Crippen molar-refractivity contribution < 1.29 is 28.2 Å². The molecule has 5 N–H and O–H groups in total. The van der Waals surface area contributed by atoms with Crippen LogP contribution in [-0.2, 0) is 19.6 Å². The van der Waals surface area contributed by atoms with Gasteiger partial charge >= 0.3 is 0 Å². The van der Waals surface area contributed by atoms with Gasteiger partial charge in [0.15, 0.2) is 12.3 Å². The minimum Gasteiger partial charge on any atom is -0.387 e. The highest BCUT2D eigenvalue weighted by atomic mass is 32.2. The molecule has 48 heavy (non-hydrogen) atoms. The summed E-state index contributed by atoms with van der Waals surface area (Å²) in [6.07, 6.45) is -3.81. The number of benzene rings is 4. The zero-order chi connectivity index (χ0) is 33.8. The lowest BCUT2D eigenvalue weighted by molar-refractivity contribution is -0.137. The first-order valence-electron chi connectivity index (χ1n) is 15.9. The van der Waals surface area contributed by atoms with Gasteiger partial charge in [-0.3, -0.25) is 4.79 Å². The number of aliphatic hydroxyl groups is 2. The second kappa shape index (κ2) is 14.3. The molecular formula is C36H39N5O6S. The summed E-state index contributed by atoms with van der Waals surface area (Å²) in [6.45, 7) is 4.32. The Morgan fingerprint density at radius 2 is 1.50 bits per heavy atom. The van der Waals surface area contributed by atoms with Crippen molar-refractivity contribution in [2.45, 2.75) is 55.2 Å². The smallest absolute Gasteiger partial charge is 0.252 e. The van der Waals surface area contributed by atoms with Gasteiger partial charge in [0.25, 0.3) is 5.91 Å². The van der Waals surface area contributed by atoms with Gasteiger partial charge in [-0.2, -0.15) is 0 Å². The number of hydrogen-bond acceptors (Lipinski definition) is 8. The zero-order valence-corrected chi connectivity index (χ0v) is 27.4. The van der Waals surface area contributed by atoms with Gasteiger partial charge in [-0.25, -0.2) is 18.1 Å². The predicted molar refractivity (Wildman–Crippen MR) is 183 cm³/mol.